The topological polar surface area (TPSA) is 93.1 Å². The number of rotatable bonds is 3. The van der Waals surface area contributed by atoms with Crippen LogP contribution in [0.5, 0.6) is 51.7 Å². The van der Waals surface area contributed by atoms with E-state index in [4.69, 9.17) is 23.7 Å². The van der Waals surface area contributed by atoms with Crippen LogP contribution in [-0.4, -0.2) is 68.5 Å². The van der Waals surface area contributed by atoms with E-state index in [0.717, 1.165) is 53.7 Å². The van der Waals surface area contributed by atoms with Crippen LogP contribution < -0.4 is 23.7 Å². The Labute approximate surface area is 269 Å². The predicted octanol–water partition coefficient (Wildman–Crippen LogP) is 6.57. The Morgan fingerprint density at radius 2 is 1.33 bits per heavy atom. The molecule has 9 heteroatoms. The Kier molecular flexibility index (Phi) is 7.82. The number of phenols is 2. The Morgan fingerprint density at radius 3 is 2.07 bits per heavy atom. The number of phenolic OH excluding ortho intramolecular Hbond substituents is 2. The van der Waals surface area contributed by atoms with Crippen LogP contribution in [-0.2, 0) is 25.7 Å². The molecule has 8 rings (SSSR count). The van der Waals surface area contributed by atoms with Crippen LogP contribution in [0.2, 0.25) is 0 Å². The summed E-state index contributed by atoms with van der Waals surface area (Å²) in [6.07, 6.45) is 2.95. The Balaban J connectivity index is 1.48. The van der Waals surface area contributed by atoms with Crippen LogP contribution in [0.15, 0.2) is 54.6 Å². The molecule has 0 unspecified atom stereocenters. The maximum Gasteiger partial charge on any atom is 0.204 e. The van der Waals surface area contributed by atoms with E-state index in [1.54, 1.807) is 39.5 Å². The third-order valence-corrected chi connectivity index (χ3v) is 9.74. The van der Waals surface area contributed by atoms with E-state index in [9.17, 15) is 10.2 Å². The molecule has 6 bridgehead atoms. The van der Waals surface area contributed by atoms with E-state index in [1.807, 2.05) is 18.2 Å². The van der Waals surface area contributed by atoms with Gasteiger partial charge in [0.1, 0.15) is 0 Å². The summed E-state index contributed by atoms with van der Waals surface area (Å²) in [5.41, 5.74) is 6.41. The second-order valence-corrected chi connectivity index (χ2v) is 12.4. The second-order valence-electron chi connectivity index (χ2n) is 12.4. The van der Waals surface area contributed by atoms with Gasteiger partial charge in [-0.3, -0.25) is 9.80 Å². The first-order chi connectivity index (χ1) is 22.3. The van der Waals surface area contributed by atoms with E-state index in [1.165, 1.54) is 5.56 Å². The van der Waals surface area contributed by atoms with Gasteiger partial charge in [0.2, 0.25) is 5.75 Å². The van der Waals surface area contributed by atoms with Gasteiger partial charge in [0.05, 0.1) is 21.3 Å². The molecular weight excluding hydrogens is 584 g/mol. The molecule has 0 aromatic heterocycles. The predicted molar refractivity (Wildman–Crippen MR) is 174 cm³/mol. The Morgan fingerprint density at radius 1 is 0.652 bits per heavy atom. The van der Waals surface area contributed by atoms with Gasteiger partial charge >= 0.3 is 0 Å². The van der Waals surface area contributed by atoms with Crippen molar-refractivity contribution in [3.05, 3.63) is 88.0 Å². The fourth-order valence-corrected chi connectivity index (χ4v) is 7.19. The summed E-state index contributed by atoms with van der Waals surface area (Å²) in [7, 11) is 9.18. The summed E-state index contributed by atoms with van der Waals surface area (Å²) in [6, 6.07) is 17.0. The normalized spacial score (nSPS) is 19.2. The van der Waals surface area contributed by atoms with E-state index in [2.05, 4.69) is 42.1 Å². The number of likely N-dealkylation sites (N-methyl/N-ethyl adjacent to an activating group) is 2. The number of fused-ring (bicyclic) bond motifs is 2. The lowest BCUT2D eigenvalue weighted by Crippen LogP contribution is -2.34. The minimum Gasteiger partial charge on any atom is -0.504 e. The number of benzene rings is 4. The molecular formula is C37H40N2O7. The lowest BCUT2D eigenvalue weighted by Gasteiger charge is -2.37. The van der Waals surface area contributed by atoms with Crippen molar-refractivity contribution in [2.45, 2.75) is 37.8 Å². The van der Waals surface area contributed by atoms with E-state index < -0.39 is 0 Å². The van der Waals surface area contributed by atoms with Gasteiger partial charge in [0.15, 0.2) is 46.0 Å². The number of ether oxygens (including phenoxy) is 5. The molecule has 4 aliphatic heterocycles. The molecule has 4 aromatic rings. The maximum absolute atomic E-state index is 11.0. The zero-order valence-electron chi connectivity index (χ0n) is 26.9. The molecule has 240 valence electrons. The van der Waals surface area contributed by atoms with Gasteiger partial charge < -0.3 is 33.9 Å². The van der Waals surface area contributed by atoms with Crippen LogP contribution in [0.4, 0.5) is 0 Å². The van der Waals surface area contributed by atoms with Gasteiger partial charge in [-0.2, -0.15) is 0 Å². The van der Waals surface area contributed by atoms with E-state index in [0.29, 0.717) is 41.6 Å². The molecule has 0 aliphatic carbocycles. The Bertz CT molecular complexity index is 1810. The van der Waals surface area contributed by atoms with Gasteiger partial charge in [-0.25, -0.2) is 0 Å². The van der Waals surface area contributed by atoms with Crippen LogP contribution in [0, 0.1) is 0 Å². The van der Waals surface area contributed by atoms with Gasteiger partial charge in [-0.05, 0) is 110 Å². The molecule has 0 radical (unpaired) electrons. The largest absolute Gasteiger partial charge is 0.504 e. The first-order valence-electron chi connectivity index (χ1n) is 15.7. The fourth-order valence-electron chi connectivity index (χ4n) is 7.19. The van der Waals surface area contributed by atoms with Gasteiger partial charge in [-0.15, -0.1) is 0 Å². The van der Waals surface area contributed by atoms with E-state index >= 15 is 0 Å². The fraction of sp³-hybridized carbons (Fsp3) is 0.351. The SMILES string of the molecule is COc1cc2c3cc1Oc1c(OC)c(OC)cc4c1[C@H](Cc1ccc(O)c(c1)Oc1ccc(cc1O)C[C@H]3N(C)CC2)N(C)CC4. The first-order valence-corrected chi connectivity index (χ1v) is 15.7. The van der Waals surface area contributed by atoms with Crippen molar-refractivity contribution in [1.82, 2.24) is 9.80 Å². The number of nitrogens with zero attached hydrogens (tertiary/aromatic N) is 2. The highest BCUT2D eigenvalue weighted by atomic mass is 16.5. The van der Waals surface area contributed by atoms with Gasteiger partial charge in [0, 0.05) is 30.7 Å². The van der Waals surface area contributed by atoms with Crippen LogP contribution in [0.25, 0.3) is 0 Å². The summed E-state index contributed by atoms with van der Waals surface area (Å²) in [5.74, 6) is 3.57. The third-order valence-electron chi connectivity index (χ3n) is 9.74. The molecule has 2 atom stereocenters. The van der Waals surface area contributed by atoms with Crippen molar-refractivity contribution in [2.24, 2.45) is 0 Å². The molecule has 0 saturated heterocycles. The maximum atomic E-state index is 11.0. The average molecular weight is 625 g/mol. The first kappa shape index (κ1) is 30.1. The Hall–Kier alpha value is -4.60. The smallest absolute Gasteiger partial charge is 0.204 e. The standard InChI is InChI=1S/C37H40N2O7/c1-38-12-10-23-18-32(42-3)33-20-25(23)26(38)14-21-7-9-30(29(41)16-21)45-31-17-22(6-8-28(31)40)15-27-35-24(11-13-39(27)2)19-34(43-4)36(44-5)37(35)46-33/h6-9,16-20,26-27,40-41H,10-15H2,1-5H3/t26-,27+/m1/s1. The second kappa shape index (κ2) is 12.0. The van der Waals surface area contributed by atoms with Crippen LogP contribution >= 0.6 is 0 Å². The molecule has 2 N–H and O–H groups in total. The summed E-state index contributed by atoms with van der Waals surface area (Å²) in [5, 5.41) is 21.8. The summed E-state index contributed by atoms with van der Waals surface area (Å²) in [6.45, 7) is 1.72. The van der Waals surface area contributed by atoms with Crippen LogP contribution in [0.3, 0.4) is 0 Å². The summed E-state index contributed by atoms with van der Waals surface area (Å²) < 4.78 is 30.9. The number of hydrogen-bond acceptors (Lipinski definition) is 9. The van der Waals surface area contributed by atoms with Gasteiger partial charge in [0.25, 0.3) is 0 Å². The summed E-state index contributed by atoms with van der Waals surface area (Å²) >= 11 is 0. The monoisotopic (exact) mass is 624 g/mol. The molecule has 46 heavy (non-hydrogen) atoms. The molecule has 4 aliphatic rings. The van der Waals surface area contributed by atoms with Gasteiger partial charge in [-0.1, -0.05) is 12.1 Å². The van der Waals surface area contributed by atoms with Crippen molar-refractivity contribution in [3.63, 3.8) is 0 Å². The van der Waals surface area contributed by atoms with E-state index in [-0.39, 0.29) is 35.1 Å². The highest BCUT2D eigenvalue weighted by Crippen LogP contribution is 2.52. The minimum absolute atomic E-state index is 0.00333. The molecule has 0 fully saturated rings. The zero-order valence-corrected chi connectivity index (χ0v) is 26.9. The molecule has 9 nitrogen and oxygen atoms in total. The molecule has 0 amide bonds. The lowest BCUT2D eigenvalue weighted by atomic mass is 9.87. The van der Waals surface area contributed by atoms with Crippen LogP contribution in [0.1, 0.15) is 45.5 Å². The molecule has 4 aromatic carbocycles. The lowest BCUT2D eigenvalue weighted by molar-refractivity contribution is 0.220. The molecule has 0 spiro atoms. The van der Waals surface area contributed by atoms with Crippen molar-refractivity contribution < 1.29 is 33.9 Å². The van der Waals surface area contributed by atoms with Crippen molar-refractivity contribution in [3.8, 4) is 51.7 Å². The molecule has 4 heterocycles. The third kappa shape index (κ3) is 5.23. The number of hydrogen-bond donors (Lipinski definition) is 2. The number of methoxy groups -OCH3 is 3. The van der Waals surface area contributed by atoms with Crippen molar-refractivity contribution in [2.75, 3.05) is 48.5 Å². The zero-order chi connectivity index (χ0) is 32.1. The highest BCUT2D eigenvalue weighted by Gasteiger charge is 2.34. The minimum atomic E-state index is -0.0926. The van der Waals surface area contributed by atoms with Crippen molar-refractivity contribution in [1.29, 1.82) is 0 Å². The average Bonchev–Trinajstić information content (AvgIpc) is 3.05. The summed E-state index contributed by atoms with van der Waals surface area (Å²) in [4.78, 5) is 4.65. The van der Waals surface area contributed by atoms with Crippen molar-refractivity contribution >= 4 is 0 Å². The number of aromatic hydroxyl groups is 2. The molecule has 0 saturated carbocycles. The highest BCUT2D eigenvalue weighted by molar-refractivity contribution is 5.64. The quantitative estimate of drug-likeness (QED) is 0.263.